The van der Waals surface area contributed by atoms with E-state index in [0.29, 0.717) is 33.6 Å². The number of benzene rings is 2. The molecule has 0 saturated heterocycles. The Balaban J connectivity index is 1.42. The highest BCUT2D eigenvalue weighted by molar-refractivity contribution is 6.35. The van der Waals surface area contributed by atoms with Crippen LogP contribution in [-0.4, -0.2) is 45.6 Å². The van der Waals surface area contributed by atoms with Crippen molar-refractivity contribution in [2.24, 2.45) is 11.8 Å². The molecule has 0 radical (unpaired) electrons. The molecule has 4 rings (SSSR count). The minimum absolute atomic E-state index is 0.101. The van der Waals surface area contributed by atoms with Crippen LogP contribution in [0.1, 0.15) is 48.0 Å². The van der Waals surface area contributed by atoms with Crippen LogP contribution >= 0.6 is 11.6 Å². The zero-order valence-electron chi connectivity index (χ0n) is 20.5. The van der Waals surface area contributed by atoms with Gasteiger partial charge in [-0.2, -0.15) is 27.1 Å². The Labute approximate surface area is 224 Å². The Morgan fingerprint density at radius 3 is 2.28 bits per heavy atom. The van der Waals surface area contributed by atoms with Crippen molar-refractivity contribution < 1.29 is 41.4 Å². The van der Waals surface area contributed by atoms with Crippen molar-refractivity contribution in [3.8, 4) is 5.75 Å². The minimum Gasteiger partial charge on any atom is -0.481 e. The van der Waals surface area contributed by atoms with Gasteiger partial charge < -0.3 is 15.2 Å². The molecule has 2 aromatic carbocycles. The van der Waals surface area contributed by atoms with Gasteiger partial charge >= 0.3 is 18.3 Å². The van der Waals surface area contributed by atoms with E-state index in [9.17, 15) is 31.5 Å². The quantitative estimate of drug-likeness (QED) is 0.294. The Morgan fingerprint density at radius 1 is 1.03 bits per heavy atom. The lowest BCUT2D eigenvalue weighted by molar-refractivity contribution is -0.360. The van der Waals surface area contributed by atoms with Gasteiger partial charge in [0.05, 0.1) is 28.8 Å². The number of hydrogen-bond acceptors (Lipinski definition) is 4. The van der Waals surface area contributed by atoms with Gasteiger partial charge in [-0.1, -0.05) is 23.7 Å². The van der Waals surface area contributed by atoms with E-state index in [-0.39, 0.29) is 30.7 Å². The van der Waals surface area contributed by atoms with Crippen molar-refractivity contribution in [1.82, 2.24) is 15.1 Å². The third kappa shape index (κ3) is 6.78. The molecule has 210 valence electrons. The van der Waals surface area contributed by atoms with Crippen molar-refractivity contribution in [3.63, 3.8) is 0 Å². The van der Waals surface area contributed by atoms with Gasteiger partial charge in [0, 0.05) is 18.4 Å². The minimum atomic E-state index is -5.85. The lowest BCUT2D eigenvalue weighted by atomic mass is 9.80. The summed E-state index contributed by atoms with van der Waals surface area (Å²) in [5.74, 6) is -1.33. The Bertz CT molecular complexity index is 1340. The van der Waals surface area contributed by atoms with Crippen molar-refractivity contribution in [2.45, 2.75) is 50.9 Å². The molecule has 13 heteroatoms. The Morgan fingerprint density at radius 2 is 1.67 bits per heavy atom. The number of rotatable bonds is 9. The Hall–Kier alpha value is -3.41. The van der Waals surface area contributed by atoms with Crippen LogP contribution in [0.2, 0.25) is 5.02 Å². The van der Waals surface area contributed by atoms with E-state index in [1.807, 2.05) is 0 Å². The van der Waals surface area contributed by atoms with Crippen molar-refractivity contribution >= 4 is 34.4 Å². The van der Waals surface area contributed by atoms with Crippen molar-refractivity contribution in [2.75, 3.05) is 6.54 Å². The molecule has 1 saturated carbocycles. The van der Waals surface area contributed by atoms with Crippen molar-refractivity contribution in [1.29, 1.82) is 0 Å². The smallest absolute Gasteiger partial charge is 0.481 e. The van der Waals surface area contributed by atoms with Crippen molar-refractivity contribution in [3.05, 3.63) is 58.7 Å². The van der Waals surface area contributed by atoms with Crippen LogP contribution in [0.5, 0.6) is 5.75 Å². The molecule has 1 aliphatic rings. The topological polar surface area (TPSA) is 93.5 Å². The van der Waals surface area contributed by atoms with E-state index in [2.05, 4.69) is 15.2 Å². The fourth-order valence-corrected chi connectivity index (χ4v) is 5.00. The van der Waals surface area contributed by atoms with Gasteiger partial charge in [-0.3, -0.25) is 14.3 Å². The third-order valence-corrected chi connectivity index (χ3v) is 7.11. The number of ether oxygens (including phenoxy) is 1. The first-order valence-corrected chi connectivity index (χ1v) is 12.6. The number of carbonyl (C=O) groups is 2. The van der Waals surface area contributed by atoms with Gasteiger partial charge in [-0.05, 0) is 67.3 Å². The summed E-state index contributed by atoms with van der Waals surface area (Å²) >= 11 is 6.39. The first-order valence-electron chi connectivity index (χ1n) is 12.2. The predicted molar refractivity (Wildman–Crippen MR) is 132 cm³/mol. The normalized spacial score (nSPS) is 18.2. The SMILES string of the molecule is O=C(O)CC1CCC(CNC(=O)c2ccc(Cl)c3c2cnn3Cc2ccc(OC(F)(F)C(F)(F)F)cc2)CC1. The average Bonchev–Trinajstić information content (AvgIpc) is 3.28. The van der Waals surface area contributed by atoms with Crippen LogP contribution in [0.15, 0.2) is 42.6 Å². The summed E-state index contributed by atoms with van der Waals surface area (Å²) in [5.41, 5.74) is 1.34. The van der Waals surface area contributed by atoms with Gasteiger partial charge in [-0.15, -0.1) is 0 Å². The maximum atomic E-state index is 13.1. The molecule has 0 atom stereocenters. The van der Waals surface area contributed by atoms with Crippen LogP contribution < -0.4 is 10.1 Å². The molecule has 7 nitrogen and oxygen atoms in total. The molecule has 0 bridgehead atoms. The summed E-state index contributed by atoms with van der Waals surface area (Å²) in [6.45, 7) is 0.558. The molecule has 3 aromatic rings. The molecule has 2 N–H and O–H groups in total. The maximum Gasteiger partial charge on any atom is 0.499 e. The summed E-state index contributed by atoms with van der Waals surface area (Å²) < 4.78 is 68.7. The molecule has 1 amide bonds. The molecule has 39 heavy (non-hydrogen) atoms. The molecule has 1 fully saturated rings. The average molecular weight is 574 g/mol. The summed E-state index contributed by atoms with van der Waals surface area (Å²) in [7, 11) is 0. The van der Waals surface area contributed by atoms with Crippen LogP contribution in [0.3, 0.4) is 0 Å². The summed E-state index contributed by atoms with van der Waals surface area (Å²) in [6, 6.07) is 7.79. The summed E-state index contributed by atoms with van der Waals surface area (Å²) in [4.78, 5) is 23.9. The van der Waals surface area contributed by atoms with Gasteiger partial charge in [0.25, 0.3) is 5.91 Å². The van der Waals surface area contributed by atoms with Crippen LogP contribution in [0.25, 0.3) is 10.9 Å². The number of nitrogens with zero attached hydrogens (tertiary/aromatic N) is 2. The number of carboxylic acids is 1. The van der Waals surface area contributed by atoms with E-state index in [4.69, 9.17) is 16.7 Å². The molecule has 1 aromatic heterocycles. The number of aliphatic carboxylic acids is 1. The number of carboxylic acid groups (broad SMARTS) is 1. The highest BCUT2D eigenvalue weighted by atomic mass is 35.5. The highest BCUT2D eigenvalue weighted by Crippen LogP contribution is 2.37. The number of amides is 1. The molecular weight excluding hydrogens is 549 g/mol. The maximum absolute atomic E-state index is 13.1. The summed E-state index contributed by atoms with van der Waals surface area (Å²) in [6.07, 6.45) is -6.23. The number of aromatic nitrogens is 2. The number of nitrogens with one attached hydrogen (secondary N) is 1. The first-order chi connectivity index (χ1) is 18.3. The summed E-state index contributed by atoms with van der Waals surface area (Å²) in [5, 5.41) is 17.0. The van der Waals surface area contributed by atoms with Crippen LogP contribution in [0, 0.1) is 11.8 Å². The van der Waals surface area contributed by atoms with Crippen LogP contribution in [0.4, 0.5) is 22.0 Å². The number of fused-ring (bicyclic) bond motifs is 1. The molecule has 0 aliphatic heterocycles. The molecule has 0 unspecified atom stereocenters. The molecule has 1 heterocycles. The van der Waals surface area contributed by atoms with E-state index >= 15 is 0 Å². The lowest BCUT2D eigenvalue weighted by Gasteiger charge is -2.27. The molecule has 0 spiro atoms. The van der Waals surface area contributed by atoms with Crippen LogP contribution in [-0.2, 0) is 11.3 Å². The molecular formula is C26H25ClF5N3O4. The fraction of sp³-hybridized carbons (Fsp3) is 0.423. The second-order valence-electron chi connectivity index (χ2n) is 9.61. The Kier molecular flexibility index (Phi) is 8.34. The molecule has 1 aliphatic carbocycles. The zero-order valence-corrected chi connectivity index (χ0v) is 21.2. The largest absolute Gasteiger partial charge is 0.499 e. The van der Waals surface area contributed by atoms with E-state index in [0.717, 1.165) is 37.8 Å². The lowest BCUT2D eigenvalue weighted by Crippen LogP contribution is -2.41. The van der Waals surface area contributed by atoms with E-state index in [1.165, 1.54) is 23.0 Å². The zero-order chi connectivity index (χ0) is 28.4. The van der Waals surface area contributed by atoms with Gasteiger partial charge in [0.1, 0.15) is 5.75 Å². The van der Waals surface area contributed by atoms with E-state index in [1.54, 1.807) is 12.1 Å². The van der Waals surface area contributed by atoms with E-state index < -0.39 is 24.0 Å². The number of hydrogen-bond donors (Lipinski definition) is 2. The van der Waals surface area contributed by atoms with Gasteiger partial charge in [0.2, 0.25) is 0 Å². The highest BCUT2D eigenvalue weighted by Gasteiger charge is 2.61. The monoisotopic (exact) mass is 573 g/mol. The predicted octanol–water partition coefficient (Wildman–Crippen LogP) is 6.28. The second kappa shape index (κ2) is 11.4. The van der Waals surface area contributed by atoms with Gasteiger partial charge in [0.15, 0.2) is 0 Å². The first kappa shape index (κ1) is 28.6. The number of carbonyl (C=O) groups excluding carboxylic acids is 1. The van der Waals surface area contributed by atoms with Gasteiger partial charge in [-0.25, -0.2) is 0 Å². The number of halogens is 6. The fourth-order valence-electron chi connectivity index (χ4n) is 4.74. The standard InChI is InChI=1S/C26H25ClF5N3O4/c27-21-10-9-19(24(38)33-12-16-3-1-15(2-4-16)11-22(36)37)20-13-34-35(23(20)21)14-17-5-7-18(8-6-17)39-26(31,32)25(28,29)30/h5-10,13,15-16H,1-4,11-12,14H2,(H,33,38)(H,36,37). The third-order valence-electron chi connectivity index (χ3n) is 6.81. The number of alkyl halides is 5. The second-order valence-corrected chi connectivity index (χ2v) is 10.0.